The monoisotopic (exact) mass is 1910 g/mol. The standard InChI is InChI=1S/C90H162N4O38/c1-6-8-10-12-14-16-18-20-21-22-23-24-25-26-27-29-31-33-35-37-39-41-62(105)94-53(54(104)40-38-36-34-32-30-28-19-17-15-13-11-9-7-2)48-119-87-76(116)74(114)80(60(47-100)126-87)129-90-78(118)83(70(110)61(127-90)49-120-84-64(92-51(4)102)72(112)79(59(46-99)125-84)128-88-75(115)73(113)67(107)56(43-96)123-88)132-89-77(117)82(69(109)58(45-98)124-89)131-86-65(93-52(5)103)81(68(108)57(44-97)122-86)130-85-63(91-50(3)101)71(111)66(106)55(42-95)121-85/h38,40,53-61,63-90,95-100,104,106-118H,6-37,39,41-49H2,1-5H3,(H,91,101)(H,92,102)(H,93,103)(H,94,105)/b40-38+/t53-,54+,55?,56?,57?,58?,59?,60?,61?,63?,64?,65?,66-,67-,68-,69-,70-,71+,72+,73-,74+,75?,76?,77?,78?,79+,80+,81+,82-,83-,84+,85+,86-,87+,88-,89+,90-/m0/s1. The second-order valence-electron chi connectivity index (χ2n) is 36.4. The van der Waals surface area contributed by atoms with E-state index in [9.17, 15) is 121 Å². The number of hydrogen-bond donors (Lipinski definition) is 24. The zero-order chi connectivity index (χ0) is 96.5. The first-order valence-electron chi connectivity index (χ1n) is 48.5. The van der Waals surface area contributed by atoms with Crippen LogP contribution in [-0.4, -0.2) is 406 Å². The molecule has 24 N–H and O–H groups in total. The number of unbranched alkanes of at least 4 members (excludes halogenated alkanes) is 31. The van der Waals surface area contributed by atoms with Crippen LogP contribution >= 0.6 is 0 Å². The number of allylic oxidation sites excluding steroid dienone is 1. The van der Waals surface area contributed by atoms with Crippen LogP contribution in [0.1, 0.15) is 253 Å². The highest BCUT2D eigenvalue weighted by Gasteiger charge is 2.59. The van der Waals surface area contributed by atoms with E-state index < -0.39 is 303 Å². The Morgan fingerprint density at radius 1 is 0.303 bits per heavy atom. The maximum atomic E-state index is 13.8. The Hall–Kier alpha value is -3.74. The fourth-order valence-corrected chi connectivity index (χ4v) is 17.9. The molecule has 0 bridgehead atoms. The zero-order valence-corrected chi connectivity index (χ0v) is 77.5. The van der Waals surface area contributed by atoms with E-state index >= 15 is 0 Å². The van der Waals surface area contributed by atoms with Crippen molar-refractivity contribution in [2.75, 3.05) is 52.9 Å². The van der Waals surface area contributed by atoms with Crippen LogP contribution in [0, 0.1) is 0 Å². The van der Waals surface area contributed by atoms with Crippen LogP contribution in [0.2, 0.25) is 0 Å². The molecule has 770 valence electrons. The average Bonchev–Trinajstić information content (AvgIpc) is 0.771. The number of ether oxygens (including phenoxy) is 14. The third-order valence-corrected chi connectivity index (χ3v) is 25.7. The number of nitrogens with one attached hydrogen (secondary N) is 4. The van der Waals surface area contributed by atoms with Gasteiger partial charge in [0.15, 0.2) is 44.0 Å². The maximum Gasteiger partial charge on any atom is 0.220 e. The van der Waals surface area contributed by atoms with Crippen molar-refractivity contribution in [2.24, 2.45) is 0 Å². The molecule has 7 aliphatic heterocycles. The van der Waals surface area contributed by atoms with Gasteiger partial charge in [-0.2, -0.15) is 0 Å². The number of aliphatic hydroxyl groups is 20. The van der Waals surface area contributed by atoms with Gasteiger partial charge in [-0.3, -0.25) is 19.2 Å². The van der Waals surface area contributed by atoms with Gasteiger partial charge in [-0.25, -0.2) is 0 Å². The number of carbonyl (C=O) groups is 4. The molecule has 42 heteroatoms. The summed E-state index contributed by atoms with van der Waals surface area (Å²) in [4.78, 5) is 52.3. The largest absolute Gasteiger partial charge is 0.394 e. The predicted molar refractivity (Wildman–Crippen MR) is 466 cm³/mol. The van der Waals surface area contributed by atoms with Crippen molar-refractivity contribution in [3.63, 3.8) is 0 Å². The fraction of sp³-hybridized carbons (Fsp3) is 0.933. The lowest BCUT2D eigenvalue weighted by molar-refractivity contribution is -0.392. The second-order valence-corrected chi connectivity index (χ2v) is 36.4. The molecule has 0 saturated carbocycles. The van der Waals surface area contributed by atoms with E-state index in [2.05, 4.69) is 35.1 Å². The van der Waals surface area contributed by atoms with Crippen molar-refractivity contribution in [1.82, 2.24) is 21.3 Å². The minimum absolute atomic E-state index is 0.121. The van der Waals surface area contributed by atoms with E-state index in [4.69, 9.17) is 66.3 Å². The molecule has 7 saturated heterocycles. The van der Waals surface area contributed by atoms with Gasteiger partial charge in [0.05, 0.1) is 65.0 Å². The Labute approximate surface area is 774 Å². The molecule has 0 radical (unpaired) electrons. The van der Waals surface area contributed by atoms with Crippen molar-refractivity contribution in [3.05, 3.63) is 12.2 Å². The summed E-state index contributed by atoms with van der Waals surface area (Å²) in [6.07, 6.45) is -23.5. The summed E-state index contributed by atoms with van der Waals surface area (Å²) in [5.41, 5.74) is 0. The molecule has 7 aliphatic rings. The molecule has 4 amide bonds. The molecule has 42 nitrogen and oxygen atoms in total. The van der Waals surface area contributed by atoms with E-state index in [0.29, 0.717) is 12.8 Å². The smallest absolute Gasteiger partial charge is 0.220 e. The Bertz CT molecular complexity index is 3170. The van der Waals surface area contributed by atoms with Crippen LogP contribution < -0.4 is 21.3 Å². The highest BCUT2D eigenvalue weighted by Crippen LogP contribution is 2.39. The van der Waals surface area contributed by atoms with Gasteiger partial charge in [0.2, 0.25) is 23.6 Å². The molecule has 7 heterocycles. The Balaban J connectivity index is 1.09. The van der Waals surface area contributed by atoms with Gasteiger partial charge in [0.1, 0.15) is 171 Å². The molecule has 0 aromatic rings. The average molecular weight is 1910 g/mol. The van der Waals surface area contributed by atoms with Crippen LogP contribution in [-0.2, 0) is 85.5 Å². The van der Waals surface area contributed by atoms with Crippen molar-refractivity contribution < 1.29 is 188 Å². The first-order valence-corrected chi connectivity index (χ1v) is 48.5. The minimum atomic E-state index is -2.42. The van der Waals surface area contributed by atoms with Crippen LogP contribution in [0.5, 0.6) is 0 Å². The lowest BCUT2D eigenvalue weighted by Gasteiger charge is -2.51. The van der Waals surface area contributed by atoms with E-state index in [1.807, 2.05) is 6.08 Å². The van der Waals surface area contributed by atoms with Gasteiger partial charge in [-0.15, -0.1) is 0 Å². The molecule has 0 aromatic carbocycles. The SMILES string of the molecule is CCCCCCCCCCCCC/C=C/[C@@H](O)[C@H](CO[C@@H]1OC(CO)[C@@H](O[C@@H]2OC(CO[C@@H]3OC(CO)[C@@H](O[C@@H]4OC(CO)[C@H](O)[C@H](O)C4O)[C@H](O)C3NC(C)=O)[C@H](O)[C@H](O[C@H]3OC(CO)[C@H](O)[C@H](O[C@@H]4OC(CO)[C@H](O)[C@H](O[C@H]5OC(CO)[C@H](O)[C@H](O)C5NC(C)=O)C4NC(C)=O)C3O)C2O)[C@H](O)C1O)NC(=O)CCCCCCCCCCCCCCCCCCCCCCC. The lowest BCUT2D eigenvalue weighted by Crippen LogP contribution is -2.71. The van der Waals surface area contributed by atoms with Gasteiger partial charge < -0.3 is 190 Å². The van der Waals surface area contributed by atoms with Gasteiger partial charge >= 0.3 is 0 Å². The van der Waals surface area contributed by atoms with Crippen LogP contribution in [0.15, 0.2) is 12.2 Å². The van der Waals surface area contributed by atoms with E-state index in [1.165, 1.54) is 135 Å². The first-order chi connectivity index (χ1) is 63.4. The number of amides is 4. The van der Waals surface area contributed by atoms with Crippen molar-refractivity contribution >= 4 is 23.6 Å². The number of aliphatic hydroxyl groups excluding tert-OH is 20. The molecule has 37 atom stereocenters. The van der Waals surface area contributed by atoms with E-state index in [0.717, 1.165) is 85.0 Å². The molecule has 7 rings (SSSR count). The van der Waals surface area contributed by atoms with Gasteiger partial charge in [-0.05, 0) is 19.3 Å². The Morgan fingerprint density at radius 2 is 0.621 bits per heavy atom. The first kappa shape index (κ1) is 115. The van der Waals surface area contributed by atoms with Crippen LogP contribution in [0.4, 0.5) is 0 Å². The molecule has 0 aromatic heterocycles. The topological polar surface area (TPSA) is 650 Å². The van der Waals surface area contributed by atoms with Gasteiger partial charge in [-0.1, -0.05) is 219 Å². The lowest BCUT2D eigenvalue weighted by atomic mass is 9.93. The van der Waals surface area contributed by atoms with Crippen molar-refractivity contribution in [2.45, 2.75) is 480 Å². The highest BCUT2D eigenvalue weighted by molar-refractivity contribution is 5.76. The fourth-order valence-electron chi connectivity index (χ4n) is 17.9. The summed E-state index contributed by atoms with van der Waals surface area (Å²) in [5, 5.41) is 236. The number of carbonyl (C=O) groups excluding carboxylic acids is 4. The predicted octanol–water partition coefficient (Wildman–Crippen LogP) is -2.12. The molecule has 0 aliphatic carbocycles. The Morgan fingerprint density at radius 3 is 1.07 bits per heavy atom. The van der Waals surface area contributed by atoms with Crippen LogP contribution in [0.3, 0.4) is 0 Å². The van der Waals surface area contributed by atoms with Crippen molar-refractivity contribution in [1.29, 1.82) is 0 Å². The summed E-state index contributed by atoms with van der Waals surface area (Å²) in [6, 6.07) is -6.41. The second kappa shape index (κ2) is 61.7. The summed E-state index contributed by atoms with van der Waals surface area (Å²) in [6.45, 7) is -0.171. The molecule has 14 unspecified atom stereocenters. The van der Waals surface area contributed by atoms with E-state index in [1.54, 1.807) is 6.08 Å². The minimum Gasteiger partial charge on any atom is -0.394 e. The molecule has 132 heavy (non-hydrogen) atoms. The quantitative estimate of drug-likeness (QED) is 0.0229. The molecular formula is C90H162N4O38. The normalized spacial score (nSPS) is 36.8. The highest BCUT2D eigenvalue weighted by atomic mass is 16.8. The number of rotatable bonds is 62. The summed E-state index contributed by atoms with van der Waals surface area (Å²) in [7, 11) is 0. The van der Waals surface area contributed by atoms with E-state index in [-0.39, 0.29) is 6.42 Å². The summed E-state index contributed by atoms with van der Waals surface area (Å²) in [5.74, 6) is -2.92. The molecule has 0 spiro atoms. The van der Waals surface area contributed by atoms with Crippen LogP contribution in [0.25, 0.3) is 0 Å². The molecule has 7 fully saturated rings. The zero-order valence-electron chi connectivity index (χ0n) is 77.5. The summed E-state index contributed by atoms with van der Waals surface area (Å²) < 4.78 is 84.3. The molecular weight excluding hydrogens is 1740 g/mol. The van der Waals surface area contributed by atoms with Gasteiger partial charge in [0.25, 0.3) is 0 Å². The maximum absolute atomic E-state index is 13.8. The van der Waals surface area contributed by atoms with Crippen molar-refractivity contribution in [3.8, 4) is 0 Å². The third-order valence-electron chi connectivity index (χ3n) is 25.7. The number of hydrogen-bond acceptors (Lipinski definition) is 38. The third kappa shape index (κ3) is 35.5. The summed E-state index contributed by atoms with van der Waals surface area (Å²) >= 11 is 0. The van der Waals surface area contributed by atoms with Gasteiger partial charge in [0, 0.05) is 27.2 Å². The Kier molecular flexibility index (Phi) is 53.9.